The van der Waals surface area contributed by atoms with Gasteiger partial charge in [0.15, 0.2) is 18.1 Å². The number of nitriles is 1. The van der Waals surface area contributed by atoms with Crippen LogP contribution in [0.4, 0.5) is 5.69 Å². The minimum Gasteiger partial charge on any atom is -0.490 e. The van der Waals surface area contributed by atoms with Crippen molar-refractivity contribution in [1.29, 1.82) is 5.26 Å². The van der Waals surface area contributed by atoms with Crippen LogP contribution < -0.4 is 14.9 Å². The SMILES string of the molecule is CCOc1cc(/C=N\Nc2ccccc2)cc(Br)c1OCC#N. The van der Waals surface area contributed by atoms with Crippen LogP contribution in [0.5, 0.6) is 11.5 Å². The molecule has 2 rings (SSSR count). The third-order valence-electron chi connectivity index (χ3n) is 2.79. The first-order valence-electron chi connectivity index (χ1n) is 7.04. The van der Waals surface area contributed by atoms with Crippen LogP contribution in [0.15, 0.2) is 52.0 Å². The maximum atomic E-state index is 8.66. The Labute approximate surface area is 143 Å². The molecule has 0 unspecified atom stereocenters. The lowest BCUT2D eigenvalue weighted by atomic mass is 10.2. The summed E-state index contributed by atoms with van der Waals surface area (Å²) >= 11 is 3.44. The highest BCUT2D eigenvalue weighted by Gasteiger charge is 2.11. The highest BCUT2D eigenvalue weighted by molar-refractivity contribution is 9.10. The van der Waals surface area contributed by atoms with Crippen LogP contribution >= 0.6 is 15.9 Å². The van der Waals surface area contributed by atoms with Gasteiger partial charge in [0, 0.05) is 0 Å². The number of hydrazone groups is 1. The van der Waals surface area contributed by atoms with Crippen molar-refractivity contribution in [2.75, 3.05) is 18.6 Å². The van der Waals surface area contributed by atoms with E-state index >= 15 is 0 Å². The van der Waals surface area contributed by atoms with Gasteiger partial charge in [-0.3, -0.25) is 5.43 Å². The van der Waals surface area contributed by atoms with Gasteiger partial charge in [-0.2, -0.15) is 10.4 Å². The molecule has 118 valence electrons. The van der Waals surface area contributed by atoms with Crippen molar-refractivity contribution < 1.29 is 9.47 Å². The Hall–Kier alpha value is -2.52. The number of ether oxygens (including phenoxy) is 2. The van der Waals surface area contributed by atoms with E-state index in [0.717, 1.165) is 11.3 Å². The van der Waals surface area contributed by atoms with Gasteiger partial charge in [-0.05, 0) is 52.7 Å². The molecule has 5 nitrogen and oxygen atoms in total. The number of nitrogens with one attached hydrogen (secondary N) is 1. The molecule has 0 saturated carbocycles. The standard InChI is InChI=1S/C17H16BrN3O2/c1-2-22-16-11-13(10-15(18)17(16)23-9-8-19)12-20-21-14-6-4-3-5-7-14/h3-7,10-12,21H,2,9H2,1H3/b20-12-. The van der Waals surface area contributed by atoms with Crippen molar-refractivity contribution in [3.05, 3.63) is 52.5 Å². The normalized spacial score (nSPS) is 10.3. The van der Waals surface area contributed by atoms with Crippen LogP contribution in [0.1, 0.15) is 12.5 Å². The van der Waals surface area contributed by atoms with E-state index in [2.05, 4.69) is 26.5 Å². The van der Waals surface area contributed by atoms with Crippen LogP contribution in [0.25, 0.3) is 0 Å². The number of anilines is 1. The van der Waals surface area contributed by atoms with E-state index in [1.54, 1.807) is 6.21 Å². The first-order valence-corrected chi connectivity index (χ1v) is 7.84. The molecular weight excluding hydrogens is 358 g/mol. The second-order valence-electron chi connectivity index (χ2n) is 4.45. The second kappa shape index (κ2) is 8.81. The summed E-state index contributed by atoms with van der Waals surface area (Å²) in [5.41, 5.74) is 4.70. The molecule has 0 amide bonds. The summed E-state index contributed by atoms with van der Waals surface area (Å²) in [6.45, 7) is 2.35. The molecule has 2 aromatic carbocycles. The van der Waals surface area contributed by atoms with E-state index in [0.29, 0.717) is 22.6 Å². The van der Waals surface area contributed by atoms with Crippen LogP contribution in [-0.2, 0) is 0 Å². The van der Waals surface area contributed by atoms with Crippen LogP contribution in [0.3, 0.4) is 0 Å². The molecule has 0 heterocycles. The fraction of sp³-hybridized carbons (Fsp3) is 0.176. The van der Waals surface area contributed by atoms with Crippen molar-refractivity contribution in [3.63, 3.8) is 0 Å². The largest absolute Gasteiger partial charge is 0.490 e. The van der Waals surface area contributed by atoms with Gasteiger partial charge in [0.1, 0.15) is 6.07 Å². The van der Waals surface area contributed by atoms with Gasteiger partial charge in [0.2, 0.25) is 0 Å². The van der Waals surface area contributed by atoms with Crippen molar-refractivity contribution in [2.24, 2.45) is 5.10 Å². The number of para-hydroxylation sites is 1. The van der Waals surface area contributed by atoms with Gasteiger partial charge in [-0.25, -0.2) is 0 Å². The molecule has 0 spiro atoms. The lowest BCUT2D eigenvalue weighted by molar-refractivity contribution is 0.297. The van der Waals surface area contributed by atoms with Gasteiger partial charge >= 0.3 is 0 Å². The van der Waals surface area contributed by atoms with E-state index in [1.165, 1.54) is 0 Å². The molecule has 1 N–H and O–H groups in total. The van der Waals surface area contributed by atoms with Crippen LogP contribution in [0, 0.1) is 11.3 Å². The monoisotopic (exact) mass is 373 g/mol. The first-order chi connectivity index (χ1) is 11.2. The Balaban J connectivity index is 2.17. The summed E-state index contributed by atoms with van der Waals surface area (Å²) < 4.78 is 11.7. The zero-order chi connectivity index (χ0) is 16.5. The molecule has 23 heavy (non-hydrogen) atoms. The molecule has 0 saturated heterocycles. The molecule has 0 fully saturated rings. The molecule has 0 radical (unpaired) electrons. The molecule has 0 aliphatic heterocycles. The quantitative estimate of drug-likeness (QED) is 0.583. The fourth-order valence-corrected chi connectivity index (χ4v) is 2.44. The predicted octanol–water partition coefficient (Wildman–Crippen LogP) is 4.20. The molecule has 0 aliphatic rings. The summed E-state index contributed by atoms with van der Waals surface area (Å²) in [6.07, 6.45) is 1.69. The van der Waals surface area contributed by atoms with Crippen molar-refractivity contribution in [2.45, 2.75) is 6.92 Å². The molecular formula is C17H16BrN3O2. The number of halogens is 1. The Morgan fingerprint density at radius 2 is 2.04 bits per heavy atom. The lowest BCUT2D eigenvalue weighted by Gasteiger charge is -2.12. The summed E-state index contributed by atoms with van der Waals surface area (Å²) in [4.78, 5) is 0. The molecule has 6 heteroatoms. The van der Waals surface area contributed by atoms with E-state index in [9.17, 15) is 0 Å². The molecule has 2 aromatic rings. The summed E-state index contributed by atoms with van der Waals surface area (Å²) in [7, 11) is 0. The zero-order valence-corrected chi connectivity index (χ0v) is 14.2. The Bertz CT molecular complexity index is 712. The van der Waals surface area contributed by atoms with Crippen molar-refractivity contribution in [3.8, 4) is 17.6 Å². The number of hydrogen-bond acceptors (Lipinski definition) is 5. The maximum absolute atomic E-state index is 8.66. The van der Waals surface area contributed by atoms with Gasteiger partial charge < -0.3 is 9.47 Å². The van der Waals surface area contributed by atoms with Gasteiger partial charge in [-0.15, -0.1) is 0 Å². The minimum absolute atomic E-state index is 0.0400. The Morgan fingerprint density at radius 3 is 2.74 bits per heavy atom. The minimum atomic E-state index is -0.0400. The van der Waals surface area contributed by atoms with Crippen LogP contribution in [0.2, 0.25) is 0 Å². The third kappa shape index (κ3) is 5.01. The maximum Gasteiger partial charge on any atom is 0.176 e. The van der Waals surface area contributed by atoms with E-state index in [1.807, 2.05) is 55.5 Å². The van der Waals surface area contributed by atoms with E-state index < -0.39 is 0 Å². The fourth-order valence-electron chi connectivity index (χ4n) is 1.86. The van der Waals surface area contributed by atoms with Gasteiger partial charge in [0.25, 0.3) is 0 Å². The van der Waals surface area contributed by atoms with Crippen molar-refractivity contribution >= 4 is 27.8 Å². The first kappa shape index (κ1) is 16.8. The molecule has 0 aromatic heterocycles. The highest BCUT2D eigenvalue weighted by atomic mass is 79.9. The zero-order valence-electron chi connectivity index (χ0n) is 12.6. The molecule has 0 bridgehead atoms. The smallest absolute Gasteiger partial charge is 0.176 e. The third-order valence-corrected chi connectivity index (χ3v) is 3.38. The predicted molar refractivity (Wildman–Crippen MR) is 94.1 cm³/mol. The number of nitrogens with zero attached hydrogens (tertiary/aromatic N) is 2. The van der Waals surface area contributed by atoms with E-state index in [4.69, 9.17) is 14.7 Å². The summed E-state index contributed by atoms with van der Waals surface area (Å²) in [5, 5.41) is 12.9. The Morgan fingerprint density at radius 1 is 1.26 bits per heavy atom. The van der Waals surface area contributed by atoms with Crippen molar-refractivity contribution in [1.82, 2.24) is 0 Å². The molecule has 0 atom stereocenters. The number of rotatable bonds is 7. The average molecular weight is 374 g/mol. The second-order valence-corrected chi connectivity index (χ2v) is 5.30. The average Bonchev–Trinajstić information content (AvgIpc) is 2.55. The number of hydrogen-bond donors (Lipinski definition) is 1. The van der Waals surface area contributed by atoms with Crippen LogP contribution in [-0.4, -0.2) is 19.4 Å². The summed E-state index contributed by atoms with van der Waals surface area (Å²) in [6, 6.07) is 15.3. The van der Waals surface area contributed by atoms with Gasteiger partial charge in [-0.1, -0.05) is 18.2 Å². The van der Waals surface area contributed by atoms with E-state index in [-0.39, 0.29) is 6.61 Å². The van der Waals surface area contributed by atoms with Gasteiger partial charge in [0.05, 0.1) is 23.0 Å². The lowest BCUT2D eigenvalue weighted by Crippen LogP contribution is -2.01. The molecule has 0 aliphatic carbocycles. The topological polar surface area (TPSA) is 66.6 Å². The Kier molecular flexibility index (Phi) is 6.45. The summed E-state index contributed by atoms with van der Waals surface area (Å²) in [5.74, 6) is 1.08. The number of benzene rings is 2. The highest BCUT2D eigenvalue weighted by Crippen LogP contribution is 2.36.